The monoisotopic (exact) mass is 240 g/mol. The van der Waals surface area contributed by atoms with Gasteiger partial charge in [0.15, 0.2) is 5.78 Å². The summed E-state index contributed by atoms with van der Waals surface area (Å²) in [6, 6.07) is 1.08. The lowest BCUT2D eigenvalue weighted by Crippen LogP contribution is -2.30. The van der Waals surface area contributed by atoms with Gasteiger partial charge in [0, 0.05) is 18.0 Å². The Labute approximate surface area is 106 Å². The van der Waals surface area contributed by atoms with Gasteiger partial charge in [0.2, 0.25) is 0 Å². The van der Waals surface area contributed by atoms with E-state index in [1.165, 1.54) is 12.8 Å². The van der Waals surface area contributed by atoms with Crippen LogP contribution in [0.15, 0.2) is 0 Å². The molecule has 2 N–H and O–H groups in total. The zero-order valence-corrected chi connectivity index (χ0v) is 11.8. The van der Waals surface area contributed by atoms with Crippen LogP contribution in [0.2, 0.25) is 0 Å². The summed E-state index contributed by atoms with van der Waals surface area (Å²) in [5.74, 6) is 0.602. The molecule has 0 aromatic rings. The number of unbranched alkanes of at least 4 members (excludes halogenated alkanes) is 1. The van der Waals surface area contributed by atoms with Crippen LogP contribution < -0.4 is 10.6 Å². The predicted molar refractivity (Wildman–Crippen MR) is 72.2 cm³/mol. The van der Waals surface area contributed by atoms with Gasteiger partial charge in [-0.3, -0.25) is 4.79 Å². The van der Waals surface area contributed by atoms with Gasteiger partial charge in [-0.2, -0.15) is 0 Å². The average Bonchev–Trinajstić information content (AvgIpc) is 2.56. The first-order valence-electron chi connectivity index (χ1n) is 7.09. The van der Waals surface area contributed by atoms with Crippen LogP contribution in [0.3, 0.4) is 0 Å². The fourth-order valence-corrected chi connectivity index (χ4v) is 2.30. The summed E-state index contributed by atoms with van der Waals surface area (Å²) in [6.07, 6.45) is 4.47. The molecule has 0 aromatic carbocycles. The van der Waals surface area contributed by atoms with Crippen molar-refractivity contribution >= 4 is 5.78 Å². The minimum absolute atomic E-state index is 0.114. The quantitative estimate of drug-likeness (QED) is 0.670. The summed E-state index contributed by atoms with van der Waals surface area (Å²) >= 11 is 0. The molecule has 0 saturated carbocycles. The van der Waals surface area contributed by atoms with Crippen LogP contribution in [0.25, 0.3) is 0 Å². The number of nitrogens with one attached hydrogen (secondary N) is 2. The number of carbonyl (C=O) groups excluding carboxylic acids is 1. The second-order valence-electron chi connectivity index (χ2n) is 5.46. The van der Waals surface area contributed by atoms with Gasteiger partial charge >= 0.3 is 0 Å². The van der Waals surface area contributed by atoms with Crippen LogP contribution in [-0.2, 0) is 4.79 Å². The van der Waals surface area contributed by atoms with E-state index in [9.17, 15) is 4.79 Å². The molecule has 0 bridgehead atoms. The lowest BCUT2D eigenvalue weighted by molar-refractivity contribution is -0.121. The fraction of sp³-hybridized carbons (Fsp3) is 0.929. The fourth-order valence-electron chi connectivity index (χ4n) is 2.30. The second-order valence-corrected chi connectivity index (χ2v) is 5.46. The lowest BCUT2D eigenvalue weighted by atomic mass is 9.99. The molecule has 100 valence electrons. The smallest absolute Gasteiger partial charge is 0.154 e. The molecule has 0 amide bonds. The molecular formula is C14H28N2O. The number of carbonyl (C=O) groups is 1. The third-order valence-corrected chi connectivity index (χ3v) is 4.03. The van der Waals surface area contributed by atoms with Crippen LogP contribution in [0.4, 0.5) is 0 Å². The molecule has 0 radical (unpaired) electrons. The molecule has 1 aliphatic heterocycles. The molecule has 0 aliphatic carbocycles. The standard InChI is InChI=1S/C14H28N2O/c1-5-10(2)15-9-7-6-8-13-14(17)11(3)12(4)16-13/h10-13,15-16H,5-9H2,1-4H3/t10-,11-,12+,13?/m0/s1. The van der Waals surface area contributed by atoms with Crippen LogP contribution in [0.5, 0.6) is 0 Å². The van der Waals surface area contributed by atoms with E-state index in [0.717, 1.165) is 19.4 Å². The largest absolute Gasteiger partial charge is 0.314 e. The third-order valence-electron chi connectivity index (χ3n) is 4.03. The average molecular weight is 240 g/mol. The molecule has 1 fully saturated rings. The van der Waals surface area contributed by atoms with Crippen molar-refractivity contribution in [2.24, 2.45) is 5.92 Å². The van der Waals surface area contributed by atoms with E-state index in [0.29, 0.717) is 17.9 Å². The molecule has 1 aliphatic rings. The van der Waals surface area contributed by atoms with Gasteiger partial charge in [0.05, 0.1) is 6.04 Å². The van der Waals surface area contributed by atoms with E-state index in [-0.39, 0.29) is 12.0 Å². The first-order chi connectivity index (χ1) is 8.06. The van der Waals surface area contributed by atoms with E-state index in [1.54, 1.807) is 0 Å². The first-order valence-corrected chi connectivity index (χ1v) is 7.09. The van der Waals surface area contributed by atoms with E-state index in [1.807, 2.05) is 6.92 Å². The minimum atomic E-state index is 0.114. The number of rotatable bonds is 7. The highest BCUT2D eigenvalue weighted by Gasteiger charge is 2.35. The summed E-state index contributed by atoms with van der Waals surface area (Å²) < 4.78 is 0. The topological polar surface area (TPSA) is 41.1 Å². The second kappa shape index (κ2) is 7.12. The Morgan fingerprint density at radius 1 is 1.35 bits per heavy atom. The van der Waals surface area contributed by atoms with E-state index in [2.05, 4.69) is 31.4 Å². The maximum Gasteiger partial charge on any atom is 0.154 e. The molecule has 0 aromatic heterocycles. The van der Waals surface area contributed by atoms with Crippen molar-refractivity contribution in [2.45, 2.75) is 71.5 Å². The third kappa shape index (κ3) is 4.40. The van der Waals surface area contributed by atoms with Crippen molar-refractivity contribution in [3.63, 3.8) is 0 Å². The van der Waals surface area contributed by atoms with Gasteiger partial charge < -0.3 is 10.6 Å². The number of hydrogen-bond acceptors (Lipinski definition) is 3. The maximum atomic E-state index is 11.9. The van der Waals surface area contributed by atoms with E-state index in [4.69, 9.17) is 0 Å². The SMILES string of the molecule is CC[C@H](C)NCCCCC1N[C@H](C)[C@H](C)C1=O. The van der Waals surface area contributed by atoms with Crippen molar-refractivity contribution in [1.82, 2.24) is 10.6 Å². The summed E-state index contributed by atoms with van der Waals surface area (Å²) in [4.78, 5) is 11.9. The van der Waals surface area contributed by atoms with Crippen LogP contribution in [-0.4, -0.2) is 30.5 Å². The molecule has 3 nitrogen and oxygen atoms in total. The highest BCUT2D eigenvalue weighted by atomic mass is 16.1. The Balaban J connectivity index is 2.09. The summed E-state index contributed by atoms with van der Waals surface area (Å²) in [5.41, 5.74) is 0. The minimum Gasteiger partial charge on any atom is -0.314 e. The summed E-state index contributed by atoms with van der Waals surface area (Å²) in [5, 5.41) is 6.88. The molecular weight excluding hydrogens is 212 g/mol. The zero-order chi connectivity index (χ0) is 12.8. The van der Waals surface area contributed by atoms with Crippen LogP contribution in [0.1, 0.15) is 53.4 Å². The molecule has 1 saturated heterocycles. The Bertz CT molecular complexity index is 242. The number of hydrogen-bond donors (Lipinski definition) is 2. The highest BCUT2D eigenvalue weighted by Crippen LogP contribution is 2.19. The maximum absolute atomic E-state index is 11.9. The van der Waals surface area contributed by atoms with Crippen LogP contribution in [0, 0.1) is 5.92 Å². The normalized spacial score (nSPS) is 30.8. The van der Waals surface area contributed by atoms with Crippen molar-refractivity contribution in [2.75, 3.05) is 6.54 Å². The molecule has 1 rings (SSSR count). The van der Waals surface area contributed by atoms with Crippen LogP contribution >= 0.6 is 0 Å². The molecule has 3 heteroatoms. The van der Waals surface area contributed by atoms with Gasteiger partial charge in [0.1, 0.15) is 0 Å². The lowest BCUT2D eigenvalue weighted by Gasteiger charge is -2.12. The Kier molecular flexibility index (Phi) is 6.14. The van der Waals surface area contributed by atoms with Gasteiger partial charge in [0.25, 0.3) is 0 Å². The molecule has 17 heavy (non-hydrogen) atoms. The molecule has 1 unspecified atom stereocenters. The van der Waals surface area contributed by atoms with Crippen molar-refractivity contribution < 1.29 is 4.79 Å². The van der Waals surface area contributed by atoms with Gasteiger partial charge in [-0.15, -0.1) is 0 Å². The van der Waals surface area contributed by atoms with Crippen molar-refractivity contribution in [3.8, 4) is 0 Å². The molecule has 0 spiro atoms. The van der Waals surface area contributed by atoms with E-state index < -0.39 is 0 Å². The molecule has 1 heterocycles. The van der Waals surface area contributed by atoms with Crippen molar-refractivity contribution in [3.05, 3.63) is 0 Å². The number of ketones is 1. The summed E-state index contributed by atoms with van der Waals surface area (Å²) in [7, 11) is 0. The Hall–Kier alpha value is -0.410. The summed E-state index contributed by atoms with van der Waals surface area (Å²) in [6.45, 7) is 9.62. The number of Topliss-reactive ketones (excluding diaryl/α,β-unsaturated/α-hetero) is 1. The van der Waals surface area contributed by atoms with Crippen molar-refractivity contribution in [1.29, 1.82) is 0 Å². The zero-order valence-electron chi connectivity index (χ0n) is 11.8. The van der Waals surface area contributed by atoms with Gasteiger partial charge in [-0.05, 0) is 39.7 Å². The van der Waals surface area contributed by atoms with Gasteiger partial charge in [-0.25, -0.2) is 0 Å². The Morgan fingerprint density at radius 3 is 2.59 bits per heavy atom. The predicted octanol–water partition coefficient (Wildman–Crippen LogP) is 2.11. The van der Waals surface area contributed by atoms with Gasteiger partial charge in [-0.1, -0.05) is 20.3 Å². The highest BCUT2D eigenvalue weighted by molar-refractivity contribution is 5.88. The molecule has 4 atom stereocenters. The Morgan fingerprint density at radius 2 is 2.06 bits per heavy atom. The first kappa shape index (κ1) is 14.7. The van der Waals surface area contributed by atoms with E-state index >= 15 is 0 Å².